The summed E-state index contributed by atoms with van der Waals surface area (Å²) in [6.07, 6.45) is 6.68. The van der Waals surface area contributed by atoms with Gasteiger partial charge in [0.1, 0.15) is 0 Å². The fraction of sp³-hybridized carbons (Fsp3) is 0.310. The number of rotatable bonds is 4. The Hall–Kier alpha value is -2.31. The molecule has 236 valence electrons. The van der Waals surface area contributed by atoms with E-state index in [0.717, 1.165) is 12.8 Å². The number of benzene rings is 4. The molecule has 4 aromatic rings. The molecule has 0 spiro atoms. The minimum atomic E-state index is -4.85. The Kier molecular flexibility index (Phi) is 9.52. The monoisotopic (exact) mass is 714 g/mol. The normalized spacial score (nSPS) is 14.5. The summed E-state index contributed by atoms with van der Waals surface area (Å²) in [6.45, 7) is 20.9. The van der Waals surface area contributed by atoms with E-state index in [0.29, 0.717) is 0 Å². The summed E-state index contributed by atoms with van der Waals surface area (Å²) in [5, 5.41) is 0. The third-order valence-corrected chi connectivity index (χ3v) is 27.3. The summed E-state index contributed by atoms with van der Waals surface area (Å²) < 4.78 is 11.8. The molecule has 4 aromatic carbocycles. The van der Waals surface area contributed by atoms with Gasteiger partial charge in [0.2, 0.25) is 0 Å². The zero-order chi connectivity index (χ0) is 31.0. The van der Waals surface area contributed by atoms with Crippen LogP contribution >= 0.6 is 24.8 Å². The van der Waals surface area contributed by atoms with Gasteiger partial charge in [-0.05, 0) is 0 Å². The molecular formula is C42H50Cl2Zr. The maximum absolute atomic E-state index is 5.79. The van der Waals surface area contributed by atoms with Gasteiger partial charge in [-0.3, -0.25) is 0 Å². The van der Waals surface area contributed by atoms with Crippen molar-refractivity contribution in [1.29, 1.82) is 0 Å². The van der Waals surface area contributed by atoms with Crippen LogP contribution in [-0.2, 0) is 35.5 Å². The summed E-state index contributed by atoms with van der Waals surface area (Å²) in [6, 6.07) is 31.2. The molecule has 0 unspecified atom stereocenters. The topological polar surface area (TPSA) is 0 Å². The second-order valence-electron chi connectivity index (χ2n) is 15.5. The van der Waals surface area contributed by atoms with Gasteiger partial charge < -0.3 is 0 Å². The van der Waals surface area contributed by atoms with Gasteiger partial charge in [-0.2, -0.15) is 0 Å². The number of fused-ring (bicyclic) bond motifs is 3. The Morgan fingerprint density at radius 2 is 1.18 bits per heavy atom. The van der Waals surface area contributed by atoms with Crippen molar-refractivity contribution in [3.05, 3.63) is 133 Å². The number of hydrogen-bond acceptors (Lipinski definition) is 0. The molecule has 3 heteroatoms. The van der Waals surface area contributed by atoms with Gasteiger partial charge in [0.25, 0.3) is 0 Å². The standard InChI is InChI=1S/C21H25.2C7H7.C6H7.CH2.2ClH.Zr/c1-20(2,3)16-7-9-18-14(12-16)11-15-13-17(21(4,5)6)8-10-19(15)18;2*1-7-5-3-2-4-6-7;1-6-4-2-3-5-6;;;;/h7-10,12H,11H2,1-6H3;2*3-6H,1H3;2,4H,3H2,1H3;1H2;2*1H;. The van der Waals surface area contributed by atoms with Crippen LogP contribution in [-0.4, -0.2) is 4.21 Å². The van der Waals surface area contributed by atoms with Crippen LogP contribution in [0.3, 0.4) is 0 Å². The third kappa shape index (κ3) is 5.46. The van der Waals surface area contributed by atoms with Crippen LogP contribution in [0, 0.1) is 13.8 Å². The third-order valence-electron chi connectivity index (χ3n) is 10.5. The van der Waals surface area contributed by atoms with E-state index in [1.807, 2.05) is 0 Å². The molecule has 0 saturated heterocycles. The number of hydrogen-bond donors (Lipinski definition) is 0. The molecule has 45 heavy (non-hydrogen) atoms. The molecule has 0 nitrogen and oxygen atoms in total. The summed E-state index contributed by atoms with van der Waals surface area (Å²) in [5.41, 5.74) is 12.7. The number of halogens is 2. The first-order chi connectivity index (χ1) is 20.1. The second-order valence-corrected chi connectivity index (χ2v) is 28.2. The van der Waals surface area contributed by atoms with E-state index < -0.39 is 18.3 Å². The first-order valence-electron chi connectivity index (χ1n) is 16.0. The van der Waals surface area contributed by atoms with Gasteiger partial charge in [0.15, 0.2) is 0 Å². The zero-order valence-electron chi connectivity index (χ0n) is 28.6. The molecule has 0 aromatic heterocycles. The van der Waals surface area contributed by atoms with Crippen LogP contribution in [0.15, 0.2) is 99.9 Å². The molecule has 6 rings (SSSR count). The Morgan fingerprint density at radius 1 is 0.644 bits per heavy atom. The fourth-order valence-electron chi connectivity index (χ4n) is 8.07. The summed E-state index contributed by atoms with van der Waals surface area (Å²) >= 11 is -4.85. The molecule has 0 fully saturated rings. The van der Waals surface area contributed by atoms with Crippen molar-refractivity contribution in [3.8, 4) is 11.1 Å². The van der Waals surface area contributed by atoms with Crippen molar-refractivity contribution in [2.75, 3.05) is 0 Å². The molecule has 0 heterocycles. The molecule has 0 aliphatic heterocycles. The van der Waals surface area contributed by atoms with Gasteiger partial charge >= 0.3 is 263 Å². The van der Waals surface area contributed by atoms with Crippen LogP contribution in [0.25, 0.3) is 11.1 Å². The van der Waals surface area contributed by atoms with Crippen molar-refractivity contribution < 1.29 is 18.3 Å². The van der Waals surface area contributed by atoms with E-state index in [-0.39, 0.29) is 35.6 Å². The number of allylic oxidation sites excluding steroid dienone is 4. The molecule has 0 amide bonds. The maximum atomic E-state index is 5.79. The summed E-state index contributed by atoms with van der Waals surface area (Å²) in [5.74, 6) is 0. The quantitative estimate of drug-likeness (QED) is 0.174. The van der Waals surface area contributed by atoms with Gasteiger partial charge in [0, 0.05) is 0 Å². The van der Waals surface area contributed by atoms with E-state index in [1.165, 1.54) is 56.6 Å². The van der Waals surface area contributed by atoms with Crippen LogP contribution in [0.1, 0.15) is 88.3 Å². The Bertz CT molecular complexity index is 1840. The molecule has 2 aliphatic rings. The molecular weight excluding hydrogens is 667 g/mol. The van der Waals surface area contributed by atoms with E-state index in [9.17, 15) is 0 Å². The van der Waals surface area contributed by atoms with Crippen LogP contribution in [0.4, 0.5) is 0 Å². The summed E-state index contributed by atoms with van der Waals surface area (Å²) in [7, 11) is 0. The van der Waals surface area contributed by atoms with Crippen molar-refractivity contribution in [1.82, 2.24) is 0 Å². The van der Waals surface area contributed by atoms with E-state index >= 15 is 0 Å². The van der Waals surface area contributed by atoms with Crippen molar-refractivity contribution in [3.63, 3.8) is 0 Å². The average molecular weight is 717 g/mol. The van der Waals surface area contributed by atoms with E-state index in [1.54, 1.807) is 6.55 Å². The van der Waals surface area contributed by atoms with Crippen molar-refractivity contribution in [2.24, 2.45) is 0 Å². The molecule has 0 N–H and O–H groups in total. The Labute approximate surface area is 285 Å². The minimum absolute atomic E-state index is 0. The Balaban J connectivity index is 0.00000230. The first kappa shape index (κ1) is 35.5. The predicted molar refractivity (Wildman–Crippen MR) is 201 cm³/mol. The molecule has 0 bridgehead atoms. The molecule has 0 atom stereocenters. The van der Waals surface area contributed by atoms with E-state index in [4.69, 9.17) is 4.21 Å². The van der Waals surface area contributed by atoms with Gasteiger partial charge in [0.05, 0.1) is 0 Å². The van der Waals surface area contributed by atoms with Crippen molar-refractivity contribution in [2.45, 2.75) is 86.0 Å². The summed E-state index contributed by atoms with van der Waals surface area (Å²) in [4.78, 5) is 0. The Morgan fingerprint density at radius 3 is 1.64 bits per heavy atom. The molecule has 0 radical (unpaired) electrons. The number of aryl methyl sites for hydroxylation is 2. The molecule has 2 aliphatic carbocycles. The van der Waals surface area contributed by atoms with Gasteiger partial charge in [-0.15, -0.1) is 24.8 Å². The van der Waals surface area contributed by atoms with Crippen molar-refractivity contribution >= 4 is 38.8 Å². The van der Waals surface area contributed by atoms with Crippen LogP contribution in [0.5, 0.6) is 0 Å². The predicted octanol–water partition coefficient (Wildman–Crippen LogP) is 9.95. The van der Waals surface area contributed by atoms with Crippen LogP contribution < -0.4 is 9.81 Å². The molecule has 0 saturated carbocycles. The first-order valence-corrected chi connectivity index (χ1v) is 22.6. The average Bonchev–Trinajstić information content (AvgIpc) is 3.55. The zero-order valence-corrected chi connectivity index (χ0v) is 32.7. The van der Waals surface area contributed by atoms with Gasteiger partial charge in [-0.25, -0.2) is 0 Å². The van der Waals surface area contributed by atoms with Gasteiger partial charge in [-0.1, -0.05) is 0 Å². The van der Waals surface area contributed by atoms with Crippen LogP contribution in [0.2, 0.25) is 0 Å². The fourth-order valence-corrected chi connectivity index (χ4v) is 25.7. The SMILES string of the molecule is Cl.Cl.[CH2]=[Zr]([C]1=C(C)C=CC1)([c]1ccc(C)cc1)([c]1ccc(C)cc1)[c]1c(C(C)(C)C)ccc2c1Cc1cc(C(C)(C)C)ccc1-2. The van der Waals surface area contributed by atoms with E-state index in [2.05, 4.69) is 153 Å². The second kappa shape index (κ2) is 12.1.